The van der Waals surface area contributed by atoms with E-state index in [2.05, 4.69) is 5.32 Å². The monoisotopic (exact) mass is 280 g/mol. The lowest BCUT2D eigenvalue weighted by Crippen LogP contribution is -2.56. The van der Waals surface area contributed by atoms with Gasteiger partial charge in [-0.3, -0.25) is 10.1 Å². The highest BCUT2D eigenvalue weighted by Crippen LogP contribution is 2.42. The summed E-state index contributed by atoms with van der Waals surface area (Å²) in [6, 6.07) is 4.74. The number of hydrogen-bond acceptors (Lipinski definition) is 5. The smallest absolute Gasteiger partial charge is 0.275 e. The van der Waals surface area contributed by atoms with Gasteiger partial charge in [-0.15, -0.1) is 0 Å². The predicted molar refractivity (Wildman–Crippen MR) is 76.1 cm³/mol. The van der Waals surface area contributed by atoms with Crippen LogP contribution in [0.4, 0.5) is 11.4 Å². The van der Waals surface area contributed by atoms with Crippen LogP contribution in [0.5, 0.6) is 5.75 Å². The van der Waals surface area contributed by atoms with Crippen LogP contribution in [0.25, 0.3) is 0 Å². The minimum Gasteiger partial charge on any atom is -0.494 e. The molecule has 1 saturated carbocycles. The molecule has 0 heterocycles. The first-order chi connectivity index (χ1) is 9.34. The first-order valence-corrected chi connectivity index (χ1v) is 6.71. The fraction of sp³-hybridized carbons (Fsp3) is 0.571. The Morgan fingerprint density at radius 1 is 1.50 bits per heavy atom. The van der Waals surface area contributed by atoms with Crippen LogP contribution < -0.4 is 10.1 Å². The van der Waals surface area contributed by atoms with E-state index >= 15 is 0 Å². The van der Waals surface area contributed by atoms with Crippen LogP contribution in [0.2, 0.25) is 0 Å². The van der Waals surface area contributed by atoms with E-state index in [0.717, 1.165) is 0 Å². The zero-order valence-corrected chi connectivity index (χ0v) is 11.9. The molecule has 0 amide bonds. The third-order valence-electron chi connectivity index (χ3n) is 3.97. The molecule has 2 N–H and O–H groups in total. The van der Waals surface area contributed by atoms with Crippen molar-refractivity contribution < 1.29 is 14.8 Å². The van der Waals surface area contributed by atoms with Gasteiger partial charge in [0.15, 0.2) is 0 Å². The average Bonchev–Trinajstić information content (AvgIpc) is 2.38. The van der Waals surface area contributed by atoms with E-state index in [1.807, 2.05) is 20.8 Å². The Morgan fingerprint density at radius 2 is 2.20 bits per heavy atom. The molecule has 2 unspecified atom stereocenters. The Balaban J connectivity index is 2.21. The number of benzene rings is 1. The van der Waals surface area contributed by atoms with Gasteiger partial charge in [0, 0.05) is 29.3 Å². The van der Waals surface area contributed by atoms with Gasteiger partial charge in [0.2, 0.25) is 0 Å². The number of nitrogens with zero attached hydrogens (tertiary/aromatic N) is 1. The van der Waals surface area contributed by atoms with Crippen molar-refractivity contribution >= 4 is 11.4 Å². The number of rotatable bonds is 5. The molecule has 2 rings (SSSR count). The number of non-ortho nitro benzene ring substituents is 1. The molecule has 0 aromatic heterocycles. The minimum atomic E-state index is -0.436. The quantitative estimate of drug-likeness (QED) is 0.639. The summed E-state index contributed by atoms with van der Waals surface area (Å²) >= 11 is 0. The summed E-state index contributed by atoms with van der Waals surface area (Å²) in [6.45, 7) is 6.23. The van der Waals surface area contributed by atoms with Gasteiger partial charge >= 0.3 is 0 Å². The Bertz CT molecular complexity index is 516. The highest BCUT2D eigenvalue weighted by atomic mass is 16.6. The average molecular weight is 280 g/mol. The number of hydrogen-bond donors (Lipinski definition) is 2. The zero-order chi connectivity index (χ0) is 14.9. The number of aliphatic hydroxyl groups excluding tert-OH is 1. The van der Waals surface area contributed by atoms with Gasteiger partial charge in [-0.25, -0.2) is 0 Å². The molecule has 1 aromatic carbocycles. The zero-order valence-electron chi connectivity index (χ0n) is 11.9. The van der Waals surface area contributed by atoms with Crippen molar-refractivity contribution in [3.63, 3.8) is 0 Å². The van der Waals surface area contributed by atoms with Gasteiger partial charge < -0.3 is 15.2 Å². The third-order valence-corrected chi connectivity index (χ3v) is 3.97. The maximum atomic E-state index is 10.9. The third kappa shape index (κ3) is 2.70. The van der Waals surface area contributed by atoms with Gasteiger partial charge in [-0.1, -0.05) is 13.8 Å². The van der Waals surface area contributed by atoms with Crippen LogP contribution in [0.15, 0.2) is 18.2 Å². The molecule has 2 atom stereocenters. The highest BCUT2D eigenvalue weighted by Gasteiger charge is 2.47. The number of nitro groups is 1. The summed E-state index contributed by atoms with van der Waals surface area (Å²) in [7, 11) is 0. The SMILES string of the molecule is CCOc1cc(NC2CC(O)C2(C)C)cc([N+](=O)[O-])c1. The van der Waals surface area contributed by atoms with E-state index in [-0.39, 0.29) is 23.2 Å². The second-order valence-electron chi connectivity index (χ2n) is 5.68. The first-order valence-electron chi connectivity index (χ1n) is 6.71. The standard InChI is InChI=1S/C14H20N2O4/c1-4-20-11-6-9(5-10(7-11)16(18)19)15-12-8-13(17)14(12,2)3/h5-7,12-13,15,17H,4,8H2,1-3H3. The Hall–Kier alpha value is -1.82. The Labute approximate surface area is 117 Å². The van der Waals surface area contributed by atoms with Crippen molar-refractivity contribution in [1.29, 1.82) is 0 Å². The van der Waals surface area contributed by atoms with E-state index in [9.17, 15) is 15.2 Å². The fourth-order valence-electron chi connectivity index (χ4n) is 2.37. The summed E-state index contributed by atoms with van der Waals surface area (Å²) < 4.78 is 5.35. The molecule has 20 heavy (non-hydrogen) atoms. The Kier molecular flexibility index (Phi) is 3.85. The molecule has 6 heteroatoms. The number of nitrogens with one attached hydrogen (secondary N) is 1. The molecule has 1 aliphatic rings. The topological polar surface area (TPSA) is 84.6 Å². The lowest BCUT2D eigenvalue weighted by atomic mass is 9.64. The molecule has 1 aliphatic carbocycles. The number of ether oxygens (including phenoxy) is 1. The van der Waals surface area contributed by atoms with Crippen molar-refractivity contribution in [1.82, 2.24) is 0 Å². The number of aliphatic hydroxyl groups is 1. The largest absolute Gasteiger partial charge is 0.494 e. The molecule has 0 bridgehead atoms. The van der Waals surface area contributed by atoms with Crippen molar-refractivity contribution in [3.8, 4) is 5.75 Å². The molecular formula is C14H20N2O4. The molecule has 1 aromatic rings. The normalized spacial score (nSPS) is 23.8. The van der Waals surface area contributed by atoms with Crippen molar-refractivity contribution in [3.05, 3.63) is 28.3 Å². The summed E-state index contributed by atoms with van der Waals surface area (Å²) in [5.41, 5.74) is 0.403. The van der Waals surface area contributed by atoms with Gasteiger partial charge in [0.1, 0.15) is 5.75 Å². The van der Waals surface area contributed by atoms with Crippen molar-refractivity contribution in [2.24, 2.45) is 5.41 Å². The van der Waals surface area contributed by atoms with E-state index in [1.165, 1.54) is 12.1 Å². The van der Waals surface area contributed by atoms with Crippen LogP contribution in [0.3, 0.4) is 0 Å². The lowest BCUT2D eigenvalue weighted by molar-refractivity contribution is -0.384. The molecule has 0 saturated heterocycles. The van der Waals surface area contributed by atoms with Crippen molar-refractivity contribution in [2.45, 2.75) is 39.3 Å². The predicted octanol–water partition coefficient (Wildman–Crippen LogP) is 2.56. The van der Waals surface area contributed by atoms with Crippen LogP contribution in [0, 0.1) is 15.5 Å². The van der Waals surface area contributed by atoms with Crippen LogP contribution in [0.1, 0.15) is 27.2 Å². The summed E-state index contributed by atoms with van der Waals surface area (Å²) in [6.07, 6.45) is 0.296. The Morgan fingerprint density at radius 3 is 2.70 bits per heavy atom. The van der Waals surface area contributed by atoms with Crippen LogP contribution in [-0.2, 0) is 0 Å². The second-order valence-corrected chi connectivity index (χ2v) is 5.68. The molecule has 6 nitrogen and oxygen atoms in total. The molecule has 0 spiro atoms. The van der Waals surface area contributed by atoms with Crippen LogP contribution >= 0.6 is 0 Å². The first kappa shape index (κ1) is 14.6. The summed E-state index contributed by atoms with van der Waals surface area (Å²) in [5, 5.41) is 23.9. The molecular weight excluding hydrogens is 260 g/mol. The van der Waals surface area contributed by atoms with Gasteiger partial charge in [0.05, 0.1) is 23.7 Å². The van der Waals surface area contributed by atoms with Crippen molar-refractivity contribution in [2.75, 3.05) is 11.9 Å². The summed E-state index contributed by atoms with van der Waals surface area (Å²) in [4.78, 5) is 10.5. The highest BCUT2D eigenvalue weighted by molar-refractivity contribution is 5.57. The van der Waals surface area contributed by atoms with E-state index in [4.69, 9.17) is 4.74 Å². The maximum absolute atomic E-state index is 10.9. The number of nitro benzene ring substituents is 1. The fourth-order valence-corrected chi connectivity index (χ4v) is 2.37. The number of anilines is 1. The van der Waals surface area contributed by atoms with Gasteiger partial charge in [0.25, 0.3) is 5.69 Å². The van der Waals surface area contributed by atoms with Gasteiger partial charge in [-0.05, 0) is 13.3 Å². The maximum Gasteiger partial charge on any atom is 0.275 e. The lowest BCUT2D eigenvalue weighted by Gasteiger charge is -2.49. The van der Waals surface area contributed by atoms with E-state index in [1.54, 1.807) is 6.07 Å². The molecule has 1 fully saturated rings. The van der Waals surface area contributed by atoms with E-state index in [0.29, 0.717) is 24.5 Å². The molecule has 0 radical (unpaired) electrons. The summed E-state index contributed by atoms with van der Waals surface area (Å²) in [5.74, 6) is 0.474. The van der Waals surface area contributed by atoms with E-state index < -0.39 is 4.92 Å². The van der Waals surface area contributed by atoms with Crippen LogP contribution in [-0.4, -0.2) is 28.8 Å². The minimum absolute atomic E-state index is 0.00359. The molecule has 0 aliphatic heterocycles. The van der Waals surface area contributed by atoms with Gasteiger partial charge in [-0.2, -0.15) is 0 Å². The molecule has 110 valence electrons. The second kappa shape index (κ2) is 5.28.